The highest BCUT2D eigenvalue weighted by Gasteiger charge is 2.07. The first-order valence-electron chi connectivity index (χ1n) is 14.4. The number of unbranched alkanes of at least 4 members (excludes halogenated alkanes) is 5. The smallest absolute Gasteiger partial charge is 0.303 e. The van der Waals surface area contributed by atoms with Gasteiger partial charge in [0.15, 0.2) is 0 Å². The number of aliphatic carboxylic acids is 1. The Bertz CT molecular complexity index is 1810. The highest BCUT2D eigenvalue weighted by atomic mass is 32.1. The SMILES string of the molecule is O=C(O)CCCCCCCCC(=O)Nc1ccc(/C=c2/[nH]c(=O)/c(=C/c3ccc(NC(=O)c4cccs4)cc3)[nH]c2=O)cc1. The second-order valence-electron chi connectivity index (χ2n) is 10.3. The van der Waals surface area contributed by atoms with E-state index >= 15 is 0 Å². The van der Waals surface area contributed by atoms with Gasteiger partial charge >= 0.3 is 5.97 Å². The molecule has 2 heterocycles. The molecule has 0 saturated heterocycles. The van der Waals surface area contributed by atoms with Gasteiger partial charge in [-0.3, -0.25) is 24.0 Å². The van der Waals surface area contributed by atoms with Gasteiger partial charge in [0.2, 0.25) is 5.91 Å². The number of carbonyl (C=O) groups is 3. The molecule has 2 aromatic heterocycles. The van der Waals surface area contributed by atoms with Gasteiger partial charge in [0.1, 0.15) is 10.7 Å². The molecule has 11 heteroatoms. The van der Waals surface area contributed by atoms with Gasteiger partial charge in [-0.2, -0.15) is 0 Å². The lowest BCUT2D eigenvalue weighted by atomic mass is 10.1. The van der Waals surface area contributed by atoms with Gasteiger partial charge in [-0.25, -0.2) is 0 Å². The second-order valence-corrected chi connectivity index (χ2v) is 11.2. The minimum absolute atomic E-state index is 0.0852. The summed E-state index contributed by atoms with van der Waals surface area (Å²) in [4.78, 5) is 66.3. The van der Waals surface area contributed by atoms with Gasteiger partial charge in [0.25, 0.3) is 17.0 Å². The highest BCUT2D eigenvalue weighted by Crippen LogP contribution is 2.15. The van der Waals surface area contributed by atoms with Gasteiger partial charge < -0.3 is 25.7 Å². The van der Waals surface area contributed by atoms with Crippen molar-refractivity contribution in [2.45, 2.75) is 51.4 Å². The average molecular weight is 615 g/mol. The number of anilines is 2. The molecule has 228 valence electrons. The van der Waals surface area contributed by atoms with Gasteiger partial charge in [-0.05, 0) is 71.8 Å². The third kappa shape index (κ3) is 10.1. The molecule has 0 fully saturated rings. The minimum atomic E-state index is -0.765. The number of H-pyrrole nitrogens is 2. The van der Waals surface area contributed by atoms with Crippen LogP contribution in [0.15, 0.2) is 75.6 Å². The summed E-state index contributed by atoms with van der Waals surface area (Å²) in [7, 11) is 0. The number of rotatable bonds is 14. The van der Waals surface area contributed by atoms with Gasteiger partial charge in [-0.15, -0.1) is 11.3 Å². The van der Waals surface area contributed by atoms with E-state index < -0.39 is 17.1 Å². The average Bonchev–Trinajstić information content (AvgIpc) is 3.54. The van der Waals surface area contributed by atoms with E-state index in [4.69, 9.17) is 5.11 Å². The first kappa shape index (κ1) is 31.9. The Labute approximate surface area is 257 Å². The zero-order valence-electron chi connectivity index (χ0n) is 24.1. The van der Waals surface area contributed by atoms with Crippen molar-refractivity contribution in [1.82, 2.24) is 9.97 Å². The molecule has 0 aliphatic carbocycles. The largest absolute Gasteiger partial charge is 0.481 e. The molecule has 0 radical (unpaired) electrons. The standard InChI is InChI=1S/C33H34N4O6S/c38-29(9-5-3-1-2-4-6-10-30(39)40)34-24-15-11-22(12-16-24)20-26-31(41)37-27(32(42)36-26)21-23-13-17-25(18-14-23)35-33(43)28-8-7-19-44-28/h7-8,11-21H,1-6,9-10H2,(H,34,38)(H,35,43)(H,36,42)(H,37,41)(H,39,40)/b26-20+,27-21-. The molecule has 2 amide bonds. The van der Waals surface area contributed by atoms with Crippen molar-refractivity contribution >= 4 is 52.6 Å². The Kier molecular flexibility index (Phi) is 11.6. The van der Waals surface area contributed by atoms with Crippen LogP contribution in [0.4, 0.5) is 11.4 Å². The zero-order chi connectivity index (χ0) is 31.3. The topological polar surface area (TPSA) is 161 Å². The van der Waals surface area contributed by atoms with Gasteiger partial charge in [0, 0.05) is 24.2 Å². The maximum absolute atomic E-state index is 12.7. The Hall–Kier alpha value is -5.03. The maximum Gasteiger partial charge on any atom is 0.303 e. The van der Waals surface area contributed by atoms with Crippen LogP contribution in [0.5, 0.6) is 0 Å². The van der Waals surface area contributed by atoms with E-state index in [-0.39, 0.29) is 28.9 Å². The summed E-state index contributed by atoms with van der Waals surface area (Å²) in [6.45, 7) is 0. The van der Waals surface area contributed by atoms with Crippen LogP contribution in [-0.2, 0) is 9.59 Å². The number of aromatic nitrogens is 2. The molecule has 2 aromatic carbocycles. The van der Waals surface area contributed by atoms with Crippen molar-refractivity contribution in [3.05, 3.63) is 113 Å². The normalized spacial score (nSPS) is 11.8. The van der Waals surface area contributed by atoms with Gasteiger partial charge in [0.05, 0.1) is 4.88 Å². The molecule has 0 bridgehead atoms. The second kappa shape index (κ2) is 16.0. The van der Waals surface area contributed by atoms with Crippen LogP contribution in [-0.4, -0.2) is 32.9 Å². The number of carboxylic acids is 1. The van der Waals surface area contributed by atoms with Crippen molar-refractivity contribution < 1.29 is 19.5 Å². The predicted molar refractivity (Wildman–Crippen MR) is 172 cm³/mol. The summed E-state index contributed by atoms with van der Waals surface area (Å²) >= 11 is 1.35. The van der Waals surface area contributed by atoms with E-state index in [0.29, 0.717) is 40.2 Å². The van der Waals surface area contributed by atoms with E-state index in [0.717, 1.165) is 32.1 Å². The summed E-state index contributed by atoms with van der Waals surface area (Å²) in [5, 5.41) is 16.3. The Morgan fingerprint density at radius 1 is 0.682 bits per heavy atom. The van der Waals surface area contributed by atoms with Crippen molar-refractivity contribution in [3.63, 3.8) is 0 Å². The van der Waals surface area contributed by atoms with Crippen molar-refractivity contribution in [1.29, 1.82) is 0 Å². The Balaban J connectivity index is 1.31. The van der Waals surface area contributed by atoms with Crippen LogP contribution >= 0.6 is 11.3 Å². The van der Waals surface area contributed by atoms with Crippen molar-refractivity contribution in [2.24, 2.45) is 0 Å². The molecule has 44 heavy (non-hydrogen) atoms. The number of thiophene rings is 1. The number of aromatic amines is 2. The molecular formula is C33H34N4O6S. The van der Waals surface area contributed by atoms with Crippen LogP contribution in [0.2, 0.25) is 0 Å². The number of amides is 2. The van der Waals surface area contributed by atoms with Crippen LogP contribution in [0.3, 0.4) is 0 Å². The van der Waals surface area contributed by atoms with Crippen LogP contribution in [0.1, 0.15) is 72.2 Å². The molecule has 0 aliphatic heterocycles. The lowest BCUT2D eigenvalue weighted by molar-refractivity contribution is -0.137. The molecule has 0 unspecified atom stereocenters. The minimum Gasteiger partial charge on any atom is -0.481 e. The molecule has 0 atom stereocenters. The predicted octanol–water partition coefficient (Wildman–Crippen LogP) is 4.18. The van der Waals surface area contributed by atoms with E-state index in [2.05, 4.69) is 20.6 Å². The molecule has 0 aliphatic rings. The van der Waals surface area contributed by atoms with E-state index in [9.17, 15) is 24.0 Å². The highest BCUT2D eigenvalue weighted by molar-refractivity contribution is 7.12. The zero-order valence-corrected chi connectivity index (χ0v) is 24.9. The summed E-state index contributed by atoms with van der Waals surface area (Å²) in [5.41, 5.74) is 1.65. The van der Waals surface area contributed by atoms with E-state index in [1.54, 1.807) is 72.8 Å². The number of nitrogens with one attached hydrogen (secondary N) is 4. The third-order valence-corrected chi connectivity index (χ3v) is 7.63. The Morgan fingerprint density at radius 2 is 1.18 bits per heavy atom. The first-order chi connectivity index (χ1) is 21.3. The fourth-order valence-electron chi connectivity index (χ4n) is 4.45. The fourth-order valence-corrected chi connectivity index (χ4v) is 5.07. The van der Waals surface area contributed by atoms with Crippen LogP contribution < -0.4 is 32.5 Å². The quantitative estimate of drug-likeness (QED) is 0.134. The van der Waals surface area contributed by atoms with E-state index in [1.165, 1.54) is 11.3 Å². The summed E-state index contributed by atoms with van der Waals surface area (Å²) < 4.78 is 0. The summed E-state index contributed by atoms with van der Waals surface area (Å²) in [6, 6.07) is 17.4. The number of carboxylic acid groups (broad SMARTS) is 1. The van der Waals surface area contributed by atoms with Crippen molar-refractivity contribution in [3.8, 4) is 0 Å². The molecule has 5 N–H and O–H groups in total. The summed E-state index contributed by atoms with van der Waals surface area (Å²) in [5.74, 6) is -1.05. The lowest BCUT2D eigenvalue weighted by Crippen LogP contribution is -2.46. The molecule has 0 spiro atoms. The number of hydrogen-bond donors (Lipinski definition) is 5. The monoisotopic (exact) mass is 614 g/mol. The van der Waals surface area contributed by atoms with Gasteiger partial charge in [-0.1, -0.05) is 56.0 Å². The molecule has 4 aromatic rings. The molecule has 0 saturated carbocycles. The molecule has 10 nitrogen and oxygen atoms in total. The first-order valence-corrected chi connectivity index (χ1v) is 15.3. The number of benzene rings is 2. The number of carbonyl (C=O) groups excluding carboxylic acids is 2. The third-order valence-electron chi connectivity index (χ3n) is 6.76. The Morgan fingerprint density at radius 3 is 1.68 bits per heavy atom. The fraction of sp³-hybridized carbons (Fsp3) is 0.242. The molecule has 4 rings (SSSR count). The maximum atomic E-state index is 12.7. The molecular weight excluding hydrogens is 580 g/mol. The van der Waals surface area contributed by atoms with Crippen molar-refractivity contribution in [2.75, 3.05) is 10.6 Å². The lowest BCUT2D eigenvalue weighted by Gasteiger charge is -2.06. The number of hydrogen-bond acceptors (Lipinski definition) is 6. The summed E-state index contributed by atoms with van der Waals surface area (Å²) in [6.07, 6.45) is 8.91. The van der Waals surface area contributed by atoms with Crippen LogP contribution in [0.25, 0.3) is 12.2 Å². The van der Waals surface area contributed by atoms with Crippen LogP contribution in [0, 0.1) is 0 Å². The van der Waals surface area contributed by atoms with E-state index in [1.807, 2.05) is 5.38 Å².